The molecule has 4 nitrogen and oxygen atoms in total. The fourth-order valence-electron chi connectivity index (χ4n) is 0.959. The van der Waals surface area contributed by atoms with Gasteiger partial charge in [0.05, 0.1) is 39.1 Å². The van der Waals surface area contributed by atoms with Crippen molar-refractivity contribution >= 4 is 0 Å². The molecule has 0 spiro atoms. The van der Waals surface area contributed by atoms with Gasteiger partial charge in [-0.05, 0) is 6.92 Å². The standard InChI is InChI=1S/C11H21NO3/c1-4-5-12-10-11(2)15-9-8-14-7-6-13-3/h1,11-12H,5-10H2,2-3H3. The minimum atomic E-state index is 0.157. The van der Waals surface area contributed by atoms with Gasteiger partial charge in [0.2, 0.25) is 0 Å². The molecule has 88 valence electrons. The number of ether oxygens (including phenoxy) is 3. The quantitative estimate of drug-likeness (QED) is 0.420. The maximum Gasteiger partial charge on any atom is 0.0704 e. The Morgan fingerprint density at radius 2 is 2.00 bits per heavy atom. The van der Waals surface area contributed by atoms with E-state index in [1.807, 2.05) is 6.92 Å². The van der Waals surface area contributed by atoms with Gasteiger partial charge >= 0.3 is 0 Å². The molecule has 0 aromatic heterocycles. The average Bonchev–Trinajstić information content (AvgIpc) is 2.23. The Balaban J connectivity index is 3.10. The van der Waals surface area contributed by atoms with Gasteiger partial charge in [0, 0.05) is 13.7 Å². The summed E-state index contributed by atoms with van der Waals surface area (Å²) in [5.41, 5.74) is 0. The van der Waals surface area contributed by atoms with Crippen LogP contribution in [0.3, 0.4) is 0 Å². The molecule has 0 aromatic carbocycles. The molecule has 1 atom stereocenters. The van der Waals surface area contributed by atoms with Crippen LogP contribution in [0.15, 0.2) is 0 Å². The molecular formula is C11H21NO3. The molecule has 0 heterocycles. The van der Waals surface area contributed by atoms with E-state index < -0.39 is 0 Å². The van der Waals surface area contributed by atoms with Gasteiger partial charge in [0.1, 0.15) is 0 Å². The van der Waals surface area contributed by atoms with E-state index in [4.69, 9.17) is 20.6 Å². The van der Waals surface area contributed by atoms with Gasteiger partial charge in [-0.15, -0.1) is 6.42 Å². The Hall–Kier alpha value is -0.600. The highest BCUT2D eigenvalue weighted by Gasteiger charge is 2.00. The maximum absolute atomic E-state index is 5.47. The van der Waals surface area contributed by atoms with Gasteiger partial charge in [-0.3, -0.25) is 0 Å². The van der Waals surface area contributed by atoms with Crippen molar-refractivity contribution in [2.45, 2.75) is 13.0 Å². The van der Waals surface area contributed by atoms with Crippen LogP contribution in [0.2, 0.25) is 0 Å². The molecule has 0 bridgehead atoms. The Morgan fingerprint density at radius 3 is 2.67 bits per heavy atom. The molecular weight excluding hydrogens is 194 g/mol. The highest BCUT2D eigenvalue weighted by molar-refractivity contribution is 4.86. The molecule has 1 unspecified atom stereocenters. The van der Waals surface area contributed by atoms with E-state index in [0.29, 0.717) is 33.0 Å². The van der Waals surface area contributed by atoms with Crippen LogP contribution in [0.25, 0.3) is 0 Å². The monoisotopic (exact) mass is 215 g/mol. The van der Waals surface area contributed by atoms with Crippen LogP contribution >= 0.6 is 0 Å². The van der Waals surface area contributed by atoms with Crippen LogP contribution in [0.4, 0.5) is 0 Å². The highest BCUT2D eigenvalue weighted by Crippen LogP contribution is 1.88. The zero-order valence-electron chi connectivity index (χ0n) is 9.62. The number of methoxy groups -OCH3 is 1. The Kier molecular flexibility index (Phi) is 11.0. The summed E-state index contributed by atoms with van der Waals surface area (Å²) in [4.78, 5) is 0. The lowest BCUT2D eigenvalue weighted by atomic mass is 10.4. The third-order valence-corrected chi connectivity index (χ3v) is 1.72. The van der Waals surface area contributed by atoms with Gasteiger partial charge < -0.3 is 19.5 Å². The van der Waals surface area contributed by atoms with Crippen molar-refractivity contribution in [3.8, 4) is 12.3 Å². The summed E-state index contributed by atoms with van der Waals surface area (Å²) in [5.74, 6) is 2.51. The summed E-state index contributed by atoms with van der Waals surface area (Å²) in [5, 5.41) is 3.07. The lowest BCUT2D eigenvalue weighted by molar-refractivity contribution is 0.000375. The minimum Gasteiger partial charge on any atom is -0.382 e. The summed E-state index contributed by atoms with van der Waals surface area (Å²) in [6.45, 7) is 5.79. The Morgan fingerprint density at radius 1 is 1.27 bits per heavy atom. The highest BCUT2D eigenvalue weighted by atomic mass is 16.5. The molecule has 15 heavy (non-hydrogen) atoms. The topological polar surface area (TPSA) is 39.7 Å². The first-order valence-electron chi connectivity index (χ1n) is 5.13. The zero-order chi connectivity index (χ0) is 11.4. The first kappa shape index (κ1) is 14.4. The Bertz CT molecular complexity index is 168. The summed E-state index contributed by atoms with van der Waals surface area (Å²) in [6.07, 6.45) is 5.25. The van der Waals surface area contributed by atoms with Gasteiger partial charge in [0.15, 0.2) is 0 Å². The average molecular weight is 215 g/mol. The molecule has 4 heteroatoms. The van der Waals surface area contributed by atoms with E-state index in [0.717, 1.165) is 6.54 Å². The number of hydrogen-bond acceptors (Lipinski definition) is 4. The van der Waals surface area contributed by atoms with Crippen molar-refractivity contribution in [3.05, 3.63) is 0 Å². The summed E-state index contributed by atoms with van der Waals surface area (Å²) >= 11 is 0. The largest absolute Gasteiger partial charge is 0.382 e. The van der Waals surface area contributed by atoms with E-state index in [9.17, 15) is 0 Å². The van der Waals surface area contributed by atoms with Crippen LogP contribution in [0.1, 0.15) is 6.92 Å². The summed E-state index contributed by atoms with van der Waals surface area (Å²) in [7, 11) is 1.65. The minimum absolute atomic E-state index is 0.157. The number of rotatable bonds is 10. The van der Waals surface area contributed by atoms with Crippen LogP contribution < -0.4 is 5.32 Å². The van der Waals surface area contributed by atoms with Crippen molar-refractivity contribution < 1.29 is 14.2 Å². The molecule has 1 N–H and O–H groups in total. The number of hydrogen-bond donors (Lipinski definition) is 1. The zero-order valence-corrected chi connectivity index (χ0v) is 9.62. The molecule has 0 fully saturated rings. The third-order valence-electron chi connectivity index (χ3n) is 1.72. The Labute approximate surface area is 92.3 Å². The smallest absolute Gasteiger partial charge is 0.0704 e. The van der Waals surface area contributed by atoms with Crippen LogP contribution in [-0.4, -0.2) is 52.7 Å². The second-order valence-electron chi connectivity index (χ2n) is 3.12. The van der Waals surface area contributed by atoms with E-state index in [1.54, 1.807) is 7.11 Å². The predicted molar refractivity (Wildman–Crippen MR) is 59.8 cm³/mol. The normalized spacial score (nSPS) is 12.3. The van der Waals surface area contributed by atoms with Gasteiger partial charge in [-0.2, -0.15) is 0 Å². The fourth-order valence-corrected chi connectivity index (χ4v) is 0.959. The lowest BCUT2D eigenvalue weighted by Crippen LogP contribution is -2.28. The first-order chi connectivity index (χ1) is 7.31. The van der Waals surface area contributed by atoms with E-state index in [2.05, 4.69) is 11.2 Å². The van der Waals surface area contributed by atoms with Crippen LogP contribution in [0.5, 0.6) is 0 Å². The van der Waals surface area contributed by atoms with Crippen LogP contribution in [0, 0.1) is 12.3 Å². The SMILES string of the molecule is C#CCNCC(C)OCCOCCOC. The molecule has 0 saturated heterocycles. The summed E-state index contributed by atoms with van der Waals surface area (Å²) < 4.78 is 15.6. The van der Waals surface area contributed by atoms with E-state index >= 15 is 0 Å². The van der Waals surface area contributed by atoms with E-state index in [-0.39, 0.29) is 6.10 Å². The number of terminal acetylenes is 1. The molecule has 0 amide bonds. The molecule has 0 aliphatic heterocycles. The maximum atomic E-state index is 5.47. The van der Waals surface area contributed by atoms with Crippen LogP contribution in [-0.2, 0) is 14.2 Å². The predicted octanol–water partition coefficient (Wildman–Crippen LogP) is 0.277. The second kappa shape index (κ2) is 11.5. The summed E-state index contributed by atoms with van der Waals surface area (Å²) in [6, 6.07) is 0. The molecule has 0 aliphatic rings. The second-order valence-corrected chi connectivity index (χ2v) is 3.12. The first-order valence-corrected chi connectivity index (χ1v) is 5.13. The molecule has 0 aromatic rings. The van der Waals surface area contributed by atoms with Crippen molar-refractivity contribution in [2.75, 3.05) is 46.6 Å². The van der Waals surface area contributed by atoms with E-state index in [1.165, 1.54) is 0 Å². The van der Waals surface area contributed by atoms with Gasteiger partial charge in [0.25, 0.3) is 0 Å². The van der Waals surface area contributed by atoms with Crippen molar-refractivity contribution in [1.82, 2.24) is 5.32 Å². The number of nitrogens with one attached hydrogen (secondary N) is 1. The fraction of sp³-hybridized carbons (Fsp3) is 0.818. The third kappa shape index (κ3) is 11.3. The van der Waals surface area contributed by atoms with Crippen molar-refractivity contribution in [1.29, 1.82) is 0 Å². The van der Waals surface area contributed by atoms with Crippen molar-refractivity contribution in [3.63, 3.8) is 0 Å². The van der Waals surface area contributed by atoms with Gasteiger partial charge in [-0.1, -0.05) is 5.92 Å². The van der Waals surface area contributed by atoms with Crippen molar-refractivity contribution in [2.24, 2.45) is 0 Å². The lowest BCUT2D eigenvalue weighted by Gasteiger charge is -2.13. The molecule has 0 saturated carbocycles. The molecule has 0 radical (unpaired) electrons. The van der Waals surface area contributed by atoms with Gasteiger partial charge in [-0.25, -0.2) is 0 Å². The molecule has 0 rings (SSSR count). The molecule has 0 aliphatic carbocycles.